The maximum atomic E-state index is 13.4. The Morgan fingerprint density at radius 3 is 2.51 bits per heavy atom. The monoisotopic (exact) mass is 572 g/mol. The second-order valence-corrected chi connectivity index (χ2v) is 13.3. The van der Waals surface area contributed by atoms with E-state index >= 15 is 0 Å². The second-order valence-electron chi connectivity index (χ2n) is 13.3. The molecule has 1 aromatic carbocycles. The Morgan fingerprint density at radius 1 is 1.22 bits per heavy atom. The number of hydrogen-bond acceptors (Lipinski definition) is 8. The molecular weight excluding hydrogens is 532 g/mol. The first-order valence-electron chi connectivity index (χ1n) is 14.3. The first-order chi connectivity index (χ1) is 19.0. The lowest BCUT2D eigenvalue weighted by Crippen LogP contribution is -2.69. The number of aromatic hydroxyl groups is 1. The van der Waals surface area contributed by atoms with Gasteiger partial charge in [-0.1, -0.05) is 27.7 Å². The highest BCUT2D eigenvalue weighted by molar-refractivity contribution is 6.02. The fraction of sp³-hybridized carbons (Fsp3) is 0.667. The number of esters is 1. The molecule has 224 valence electrons. The number of phenols is 1. The number of nitrogens with two attached hydrogens (primary N) is 1. The van der Waals surface area contributed by atoms with Gasteiger partial charge in [0.1, 0.15) is 29.2 Å². The number of hydrogen-bond donors (Lipinski definition) is 4. The lowest BCUT2D eigenvalue weighted by atomic mass is 9.43. The van der Waals surface area contributed by atoms with Crippen LogP contribution in [0.4, 0.5) is 0 Å². The summed E-state index contributed by atoms with van der Waals surface area (Å²) in [6.45, 7) is 9.48. The second kappa shape index (κ2) is 9.61. The number of carbonyl (C=O) groups is 4. The van der Waals surface area contributed by atoms with Crippen molar-refractivity contribution in [2.45, 2.75) is 104 Å². The van der Waals surface area contributed by atoms with Crippen LogP contribution in [0.5, 0.6) is 11.5 Å². The summed E-state index contributed by atoms with van der Waals surface area (Å²) in [4.78, 5) is 50.1. The maximum absolute atomic E-state index is 13.4. The van der Waals surface area contributed by atoms with E-state index in [-0.39, 0.29) is 42.5 Å². The number of phenolic OH excluding ortho intramolecular Hbond substituents is 1. The molecule has 11 nitrogen and oxygen atoms in total. The lowest BCUT2D eigenvalue weighted by molar-refractivity contribution is -0.245. The lowest BCUT2D eigenvalue weighted by Gasteiger charge is -2.65. The van der Waals surface area contributed by atoms with Crippen LogP contribution in [0.15, 0.2) is 6.07 Å². The van der Waals surface area contributed by atoms with E-state index in [1.807, 2.05) is 13.8 Å². The number of benzene rings is 1. The van der Waals surface area contributed by atoms with Gasteiger partial charge in [-0.3, -0.25) is 14.4 Å². The highest BCUT2D eigenvalue weighted by Gasteiger charge is 2.69. The molecule has 2 aliphatic heterocycles. The molecule has 0 unspecified atom stereocenters. The molecule has 0 aromatic heterocycles. The quantitative estimate of drug-likeness (QED) is 0.373. The summed E-state index contributed by atoms with van der Waals surface area (Å²) in [5, 5.41) is 32.3. The molecule has 0 radical (unpaired) electrons. The minimum Gasteiger partial charge on any atom is -0.508 e. The van der Waals surface area contributed by atoms with Crippen LogP contribution in [-0.4, -0.2) is 67.8 Å². The first kappa shape index (κ1) is 29.2. The largest absolute Gasteiger partial charge is 0.508 e. The van der Waals surface area contributed by atoms with E-state index < -0.39 is 58.4 Å². The molecule has 1 aromatic rings. The molecule has 0 bridgehead atoms. The summed E-state index contributed by atoms with van der Waals surface area (Å²) in [5.74, 6) is -2.63. The predicted molar refractivity (Wildman–Crippen MR) is 145 cm³/mol. The number of aliphatic hydroxyl groups is 1. The van der Waals surface area contributed by atoms with Crippen molar-refractivity contribution in [2.75, 3.05) is 0 Å². The zero-order valence-electron chi connectivity index (χ0n) is 24.2. The summed E-state index contributed by atoms with van der Waals surface area (Å²) in [5.41, 5.74) is 4.45. The van der Waals surface area contributed by atoms with E-state index in [4.69, 9.17) is 15.2 Å². The van der Waals surface area contributed by atoms with E-state index in [1.54, 1.807) is 0 Å². The fourth-order valence-corrected chi connectivity index (χ4v) is 8.66. The number of aliphatic carboxylic acids is 1. The van der Waals surface area contributed by atoms with Crippen LogP contribution in [0.25, 0.3) is 0 Å². The molecule has 5 N–H and O–H groups in total. The number of carboxylic acid groups (broad SMARTS) is 1. The van der Waals surface area contributed by atoms with Crippen molar-refractivity contribution >= 4 is 23.8 Å². The molecule has 41 heavy (non-hydrogen) atoms. The number of ether oxygens (including phenoxy) is 2. The molecule has 2 amide bonds. The van der Waals surface area contributed by atoms with Gasteiger partial charge in [0.05, 0.1) is 18.2 Å². The van der Waals surface area contributed by atoms with Gasteiger partial charge in [0.2, 0.25) is 5.91 Å². The van der Waals surface area contributed by atoms with Crippen LogP contribution in [0.2, 0.25) is 0 Å². The molecule has 2 saturated carbocycles. The van der Waals surface area contributed by atoms with Gasteiger partial charge in [-0.15, -0.1) is 0 Å². The fourth-order valence-electron chi connectivity index (χ4n) is 8.66. The first-order valence-corrected chi connectivity index (χ1v) is 14.3. The minimum absolute atomic E-state index is 0.000771. The van der Waals surface area contributed by atoms with Crippen molar-refractivity contribution in [1.29, 1.82) is 0 Å². The minimum atomic E-state index is -1.27. The smallest absolute Gasteiger partial charge is 0.326 e. The predicted octanol–water partition coefficient (Wildman–Crippen LogP) is 2.52. The van der Waals surface area contributed by atoms with Crippen molar-refractivity contribution in [2.24, 2.45) is 28.4 Å². The van der Waals surface area contributed by atoms with Gasteiger partial charge in [-0.05, 0) is 49.0 Å². The number of carbonyl (C=O) groups excluding carboxylic acids is 3. The standard InChI is InChI=1S/C30H40N2O9/c1-14-6-8-22-28(3,4)25(36)21(40-15(2)33)12-29(22,5)30(14)11-17-20(34)10-16-18(24(17)41-30)13-32(26(16)37)19(27(38)39)7-9-23(31)35/h10,14,19,21-22,25,34,36H,6-9,11-13H2,1-5H3,(H2,31,35)(H,38,39)/t14-,19-,21-,22-,25+,29-,30-/m0/s1. The maximum Gasteiger partial charge on any atom is 0.326 e. The Bertz CT molecular complexity index is 1330. The highest BCUT2D eigenvalue weighted by Crippen LogP contribution is 2.67. The Kier molecular flexibility index (Phi) is 6.83. The Labute approximate surface area is 239 Å². The van der Waals surface area contributed by atoms with Crippen molar-refractivity contribution < 1.29 is 44.0 Å². The van der Waals surface area contributed by atoms with Crippen molar-refractivity contribution in [1.82, 2.24) is 4.90 Å². The van der Waals surface area contributed by atoms with Crippen LogP contribution in [0, 0.1) is 22.7 Å². The molecule has 5 rings (SSSR count). The summed E-state index contributed by atoms with van der Waals surface area (Å²) in [7, 11) is 0. The van der Waals surface area contributed by atoms with Crippen LogP contribution in [0.3, 0.4) is 0 Å². The molecule has 1 spiro atoms. The van der Waals surface area contributed by atoms with Crippen molar-refractivity contribution in [3.05, 3.63) is 22.8 Å². The molecule has 11 heteroatoms. The van der Waals surface area contributed by atoms with Crippen LogP contribution < -0.4 is 10.5 Å². The molecule has 2 aliphatic carbocycles. The number of rotatable bonds is 6. The number of carboxylic acids is 1. The average molecular weight is 573 g/mol. The summed E-state index contributed by atoms with van der Waals surface area (Å²) in [6, 6.07) is 0.117. The molecule has 2 fully saturated rings. The highest BCUT2D eigenvalue weighted by atomic mass is 16.6. The third-order valence-electron chi connectivity index (χ3n) is 10.7. The van der Waals surface area contributed by atoms with Gasteiger partial charge >= 0.3 is 11.9 Å². The van der Waals surface area contributed by atoms with E-state index in [1.165, 1.54) is 17.9 Å². The number of nitrogens with zero attached hydrogens (tertiary/aromatic N) is 1. The van der Waals surface area contributed by atoms with E-state index in [2.05, 4.69) is 13.8 Å². The zero-order valence-corrected chi connectivity index (χ0v) is 24.2. The summed E-state index contributed by atoms with van der Waals surface area (Å²) in [6.07, 6.45) is 0.441. The van der Waals surface area contributed by atoms with Gasteiger partial charge in [0, 0.05) is 36.3 Å². The molecule has 2 heterocycles. The van der Waals surface area contributed by atoms with Crippen LogP contribution in [-0.2, 0) is 32.1 Å². The molecule has 0 saturated heterocycles. The van der Waals surface area contributed by atoms with Gasteiger partial charge in [-0.2, -0.15) is 0 Å². The number of amides is 2. The van der Waals surface area contributed by atoms with Gasteiger partial charge in [0.15, 0.2) is 0 Å². The number of aliphatic hydroxyl groups excluding tert-OH is 1. The van der Waals surface area contributed by atoms with Crippen LogP contribution in [0.1, 0.15) is 88.2 Å². The van der Waals surface area contributed by atoms with Crippen molar-refractivity contribution in [3.8, 4) is 11.5 Å². The zero-order chi connectivity index (χ0) is 30.2. The Morgan fingerprint density at radius 2 is 1.90 bits per heavy atom. The van der Waals surface area contributed by atoms with Crippen LogP contribution >= 0.6 is 0 Å². The SMILES string of the molecule is CC(=O)O[C@H]1C[C@@]2(C)[C@@H](CC[C@H](C)[C@@]23Cc2c(O)cc4c(c2O3)CN([C@@H](CCC(N)=O)C(=O)O)C4=O)C(C)(C)[C@@H]1O. The normalized spacial score (nSPS) is 33.9. The summed E-state index contributed by atoms with van der Waals surface area (Å²) < 4.78 is 12.6. The van der Waals surface area contributed by atoms with Crippen molar-refractivity contribution in [3.63, 3.8) is 0 Å². The molecular formula is C30H40N2O9. The third-order valence-corrected chi connectivity index (χ3v) is 10.7. The van der Waals surface area contributed by atoms with Gasteiger partial charge in [0.25, 0.3) is 5.91 Å². The molecule has 4 aliphatic rings. The molecule has 7 atom stereocenters. The number of fused-ring (bicyclic) bond motifs is 5. The topological polar surface area (TPSA) is 177 Å². The van der Waals surface area contributed by atoms with E-state index in [9.17, 15) is 34.5 Å². The third kappa shape index (κ3) is 4.18. The van der Waals surface area contributed by atoms with Gasteiger partial charge in [-0.25, -0.2) is 4.79 Å². The Balaban J connectivity index is 1.57. The Hall–Kier alpha value is -3.34. The summed E-state index contributed by atoms with van der Waals surface area (Å²) >= 11 is 0. The average Bonchev–Trinajstić information content (AvgIpc) is 3.42. The van der Waals surface area contributed by atoms with E-state index in [0.717, 1.165) is 12.8 Å². The van der Waals surface area contributed by atoms with E-state index in [0.29, 0.717) is 29.7 Å². The van der Waals surface area contributed by atoms with Gasteiger partial charge < -0.3 is 35.4 Å². The number of primary amides is 1.